The minimum atomic E-state index is -0.370. The molecule has 66 valence electrons. The van der Waals surface area contributed by atoms with Crippen molar-refractivity contribution in [2.45, 2.75) is 0 Å². The SMILES string of the molecule is COC(=O)COC1=CC=CNC1. The van der Waals surface area contributed by atoms with Gasteiger partial charge in [0, 0.05) is 0 Å². The summed E-state index contributed by atoms with van der Waals surface area (Å²) in [6.45, 7) is 0.589. The highest BCUT2D eigenvalue weighted by atomic mass is 16.6. The second-order valence-corrected chi connectivity index (χ2v) is 2.24. The van der Waals surface area contributed by atoms with Crippen LogP contribution in [-0.2, 0) is 14.3 Å². The third-order valence-electron chi connectivity index (χ3n) is 1.38. The first-order chi connectivity index (χ1) is 5.83. The Balaban J connectivity index is 2.27. The maximum absolute atomic E-state index is 10.6. The van der Waals surface area contributed by atoms with Crippen molar-refractivity contribution in [1.29, 1.82) is 0 Å². The average Bonchev–Trinajstić information content (AvgIpc) is 2.16. The van der Waals surface area contributed by atoms with Gasteiger partial charge in [-0.1, -0.05) is 0 Å². The maximum Gasteiger partial charge on any atom is 0.343 e. The zero-order valence-corrected chi connectivity index (χ0v) is 6.87. The summed E-state index contributed by atoms with van der Waals surface area (Å²) in [7, 11) is 1.33. The van der Waals surface area contributed by atoms with Crippen molar-refractivity contribution in [1.82, 2.24) is 5.32 Å². The number of nitrogens with one attached hydrogen (secondary N) is 1. The molecule has 0 aromatic carbocycles. The summed E-state index contributed by atoms with van der Waals surface area (Å²) in [5, 5.41) is 2.95. The highest BCUT2D eigenvalue weighted by molar-refractivity contribution is 5.70. The molecule has 0 radical (unpaired) electrons. The molecule has 12 heavy (non-hydrogen) atoms. The van der Waals surface area contributed by atoms with Gasteiger partial charge in [-0.25, -0.2) is 4.79 Å². The third kappa shape index (κ3) is 2.65. The van der Waals surface area contributed by atoms with Crippen LogP contribution < -0.4 is 5.32 Å². The molecule has 0 bridgehead atoms. The summed E-state index contributed by atoms with van der Waals surface area (Å²) >= 11 is 0. The molecule has 0 spiro atoms. The number of carbonyl (C=O) groups excluding carboxylic acids is 1. The fourth-order valence-corrected chi connectivity index (χ4v) is 0.752. The molecular formula is C8H11NO3. The van der Waals surface area contributed by atoms with E-state index in [0.717, 1.165) is 5.76 Å². The highest BCUT2D eigenvalue weighted by Crippen LogP contribution is 1.99. The number of methoxy groups -OCH3 is 1. The van der Waals surface area contributed by atoms with Gasteiger partial charge < -0.3 is 14.8 Å². The van der Waals surface area contributed by atoms with E-state index in [1.54, 1.807) is 6.08 Å². The van der Waals surface area contributed by atoms with Crippen molar-refractivity contribution in [3.8, 4) is 0 Å². The van der Waals surface area contributed by atoms with Crippen LogP contribution in [0.3, 0.4) is 0 Å². The number of hydrogen-bond acceptors (Lipinski definition) is 4. The molecule has 4 heteroatoms. The van der Waals surface area contributed by atoms with Gasteiger partial charge in [0.05, 0.1) is 13.7 Å². The summed E-state index contributed by atoms with van der Waals surface area (Å²) in [5.41, 5.74) is 0. The van der Waals surface area contributed by atoms with Crippen LogP contribution in [0.5, 0.6) is 0 Å². The molecule has 0 atom stereocenters. The molecule has 0 aromatic heterocycles. The van der Waals surface area contributed by atoms with Crippen molar-refractivity contribution in [3.63, 3.8) is 0 Å². The van der Waals surface area contributed by atoms with Gasteiger partial charge in [-0.2, -0.15) is 0 Å². The van der Waals surface area contributed by atoms with Crippen molar-refractivity contribution in [2.75, 3.05) is 20.3 Å². The quantitative estimate of drug-likeness (QED) is 0.612. The van der Waals surface area contributed by atoms with Crippen LogP contribution in [0, 0.1) is 0 Å². The van der Waals surface area contributed by atoms with Crippen LogP contribution in [-0.4, -0.2) is 26.2 Å². The predicted octanol–water partition coefficient (Wildman–Crippen LogP) is 0.177. The number of dihydropyridines is 1. The van der Waals surface area contributed by atoms with E-state index >= 15 is 0 Å². The first kappa shape index (κ1) is 8.64. The smallest absolute Gasteiger partial charge is 0.343 e. The van der Waals surface area contributed by atoms with Crippen molar-refractivity contribution < 1.29 is 14.3 Å². The molecule has 1 aliphatic rings. The van der Waals surface area contributed by atoms with E-state index in [9.17, 15) is 4.79 Å². The van der Waals surface area contributed by atoms with Gasteiger partial charge in [0.2, 0.25) is 0 Å². The first-order valence-corrected chi connectivity index (χ1v) is 3.61. The molecule has 0 fully saturated rings. The molecule has 0 saturated heterocycles. The number of allylic oxidation sites excluding steroid dienone is 2. The fraction of sp³-hybridized carbons (Fsp3) is 0.375. The van der Waals surface area contributed by atoms with E-state index in [-0.39, 0.29) is 12.6 Å². The number of rotatable bonds is 3. The molecule has 0 unspecified atom stereocenters. The minimum Gasteiger partial charge on any atom is -0.484 e. The zero-order chi connectivity index (χ0) is 8.81. The van der Waals surface area contributed by atoms with E-state index in [1.807, 2.05) is 12.3 Å². The Morgan fingerprint density at radius 2 is 2.58 bits per heavy atom. The summed E-state index contributed by atoms with van der Waals surface area (Å²) in [6.07, 6.45) is 5.43. The van der Waals surface area contributed by atoms with E-state index in [4.69, 9.17) is 4.74 Å². The molecule has 0 amide bonds. The fourth-order valence-electron chi connectivity index (χ4n) is 0.752. The Bertz CT molecular complexity index is 220. The van der Waals surface area contributed by atoms with Gasteiger partial charge in [-0.3, -0.25) is 0 Å². The highest BCUT2D eigenvalue weighted by Gasteiger charge is 2.03. The monoisotopic (exact) mass is 169 g/mol. The van der Waals surface area contributed by atoms with E-state index in [2.05, 4.69) is 10.1 Å². The van der Waals surface area contributed by atoms with Gasteiger partial charge in [0.25, 0.3) is 0 Å². The lowest BCUT2D eigenvalue weighted by molar-refractivity contribution is -0.144. The third-order valence-corrected chi connectivity index (χ3v) is 1.38. The van der Waals surface area contributed by atoms with Crippen molar-refractivity contribution >= 4 is 5.97 Å². The molecule has 1 N–H and O–H groups in total. The van der Waals surface area contributed by atoms with E-state index in [1.165, 1.54) is 7.11 Å². The van der Waals surface area contributed by atoms with Crippen LogP contribution in [0.4, 0.5) is 0 Å². The molecule has 1 aliphatic heterocycles. The minimum absolute atomic E-state index is 0.0299. The van der Waals surface area contributed by atoms with Gasteiger partial charge in [0.15, 0.2) is 6.61 Å². The summed E-state index contributed by atoms with van der Waals surface area (Å²) in [4.78, 5) is 10.6. The second-order valence-electron chi connectivity index (χ2n) is 2.24. The van der Waals surface area contributed by atoms with Crippen LogP contribution in [0.15, 0.2) is 24.1 Å². The number of ether oxygens (including phenoxy) is 2. The van der Waals surface area contributed by atoms with Crippen molar-refractivity contribution in [2.24, 2.45) is 0 Å². The Morgan fingerprint density at radius 3 is 3.17 bits per heavy atom. The first-order valence-electron chi connectivity index (χ1n) is 3.61. The van der Waals surface area contributed by atoms with Crippen molar-refractivity contribution in [3.05, 3.63) is 24.1 Å². The van der Waals surface area contributed by atoms with Crippen LogP contribution in [0.2, 0.25) is 0 Å². The van der Waals surface area contributed by atoms with Gasteiger partial charge >= 0.3 is 5.97 Å². The maximum atomic E-state index is 10.6. The summed E-state index contributed by atoms with van der Waals surface area (Å²) in [6, 6.07) is 0. The topological polar surface area (TPSA) is 47.6 Å². The number of carbonyl (C=O) groups is 1. The summed E-state index contributed by atoms with van der Waals surface area (Å²) in [5.74, 6) is 0.369. The Hall–Kier alpha value is -1.45. The Labute approximate surface area is 70.8 Å². The number of hydrogen-bond donors (Lipinski definition) is 1. The van der Waals surface area contributed by atoms with E-state index in [0.29, 0.717) is 6.54 Å². The normalized spacial score (nSPS) is 14.6. The molecule has 0 aliphatic carbocycles. The average molecular weight is 169 g/mol. The zero-order valence-electron chi connectivity index (χ0n) is 6.87. The Kier molecular flexibility index (Phi) is 3.19. The van der Waals surface area contributed by atoms with Crippen LogP contribution >= 0.6 is 0 Å². The lowest BCUT2D eigenvalue weighted by atomic mass is 10.3. The van der Waals surface area contributed by atoms with Crippen LogP contribution in [0.25, 0.3) is 0 Å². The molecule has 1 heterocycles. The molecule has 1 rings (SSSR count). The second kappa shape index (κ2) is 4.43. The van der Waals surface area contributed by atoms with E-state index < -0.39 is 0 Å². The molecule has 4 nitrogen and oxygen atoms in total. The van der Waals surface area contributed by atoms with Crippen LogP contribution in [0.1, 0.15) is 0 Å². The van der Waals surface area contributed by atoms with Gasteiger partial charge in [-0.15, -0.1) is 0 Å². The number of esters is 1. The Morgan fingerprint density at radius 1 is 1.75 bits per heavy atom. The summed E-state index contributed by atoms with van der Waals surface area (Å²) < 4.78 is 9.52. The predicted molar refractivity (Wildman–Crippen MR) is 43.2 cm³/mol. The standard InChI is InChI=1S/C8H11NO3/c1-11-8(10)6-12-7-3-2-4-9-5-7/h2-4,9H,5-6H2,1H3. The van der Waals surface area contributed by atoms with Gasteiger partial charge in [0.1, 0.15) is 5.76 Å². The molecule has 0 saturated carbocycles. The molecule has 0 aromatic rings. The van der Waals surface area contributed by atoms with Gasteiger partial charge in [-0.05, 0) is 18.4 Å². The lowest BCUT2D eigenvalue weighted by Gasteiger charge is -2.11. The largest absolute Gasteiger partial charge is 0.484 e. The molecular weight excluding hydrogens is 158 g/mol. The lowest BCUT2D eigenvalue weighted by Crippen LogP contribution is -2.18.